The van der Waals surface area contributed by atoms with E-state index in [4.69, 9.17) is 0 Å². The van der Waals surface area contributed by atoms with E-state index < -0.39 is 0 Å². The molecule has 2 nitrogen and oxygen atoms in total. The van der Waals surface area contributed by atoms with Gasteiger partial charge in [0.2, 0.25) is 0 Å². The number of likely N-dealkylation sites (tertiary alicyclic amines) is 1. The highest BCUT2D eigenvalue weighted by Crippen LogP contribution is 2.15. The van der Waals surface area contributed by atoms with Crippen LogP contribution in [0.5, 0.6) is 0 Å². The van der Waals surface area contributed by atoms with Crippen LogP contribution in [0.1, 0.15) is 40.0 Å². The lowest BCUT2D eigenvalue weighted by molar-refractivity contribution is 0.322. The summed E-state index contributed by atoms with van der Waals surface area (Å²) in [4.78, 5) is 2.61. The molecule has 0 radical (unpaired) electrons. The summed E-state index contributed by atoms with van der Waals surface area (Å²) in [5, 5.41) is 3.59. The molecule has 0 spiro atoms. The second kappa shape index (κ2) is 7.24. The normalized spacial score (nSPS) is 22.8. The van der Waals surface area contributed by atoms with Crippen LogP contribution in [-0.2, 0) is 0 Å². The fourth-order valence-corrected chi connectivity index (χ4v) is 2.30. The molecule has 90 valence electrons. The van der Waals surface area contributed by atoms with Crippen molar-refractivity contribution in [1.82, 2.24) is 10.2 Å². The van der Waals surface area contributed by atoms with Gasteiger partial charge in [-0.25, -0.2) is 0 Å². The van der Waals surface area contributed by atoms with Gasteiger partial charge < -0.3 is 10.2 Å². The standard InChI is InChI=1S/C13H28N2/c1-4-8-15-9-6-13(11-15)10-14-7-5-12(2)3/h12-14H,4-11H2,1-3H3. The number of nitrogens with zero attached hydrogens (tertiary/aromatic N) is 1. The maximum atomic E-state index is 3.59. The Morgan fingerprint density at radius 1 is 1.40 bits per heavy atom. The summed E-state index contributed by atoms with van der Waals surface area (Å²) in [7, 11) is 0. The van der Waals surface area contributed by atoms with Gasteiger partial charge in [0.15, 0.2) is 0 Å². The second-order valence-electron chi connectivity index (χ2n) is 5.34. The van der Waals surface area contributed by atoms with Crippen molar-refractivity contribution in [3.8, 4) is 0 Å². The molecule has 1 rings (SSSR count). The summed E-state index contributed by atoms with van der Waals surface area (Å²) in [5.41, 5.74) is 0. The molecule has 0 aromatic heterocycles. The van der Waals surface area contributed by atoms with Crippen LogP contribution < -0.4 is 5.32 Å². The van der Waals surface area contributed by atoms with Crippen LogP contribution in [0.3, 0.4) is 0 Å². The van der Waals surface area contributed by atoms with Crippen LogP contribution in [-0.4, -0.2) is 37.6 Å². The maximum absolute atomic E-state index is 3.59. The Labute approximate surface area is 95.4 Å². The van der Waals surface area contributed by atoms with E-state index in [0.717, 1.165) is 11.8 Å². The Morgan fingerprint density at radius 2 is 2.20 bits per heavy atom. The van der Waals surface area contributed by atoms with Gasteiger partial charge in [-0.2, -0.15) is 0 Å². The van der Waals surface area contributed by atoms with Gasteiger partial charge in [0.1, 0.15) is 0 Å². The topological polar surface area (TPSA) is 15.3 Å². The van der Waals surface area contributed by atoms with Crippen LogP contribution in [0, 0.1) is 11.8 Å². The van der Waals surface area contributed by atoms with Crippen LogP contribution in [0.2, 0.25) is 0 Å². The first-order valence-corrected chi connectivity index (χ1v) is 6.65. The van der Waals surface area contributed by atoms with E-state index in [1.807, 2.05) is 0 Å². The first-order chi connectivity index (χ1) is 7.22. The summed E-state index contributed by atoms with van der Waals surface area (Å²) in [6.07, 6.45) is 4.01. The molecule has 0 bridgehead atoms. The number of nitrogens with one attached hydrogen (secondary N) is 1. The maximum Gasteiger partial charge on any atom is 0.00223 e. The summed E-state index contributed by atoms with van der Waals surface area (Å²) in [6.45, 7) is 13.2. The highest BCUT2D eigenvalue weighted by Gasteiger charge is 2.20. The van der Waals surface area contributed by atoms with E-state index in [-0.39, 0.29) is 0 Å². The van der Waals surface area contributed by atoms with E-state index in [0.29, 0.717) is 0 Å². The fraction of sp³-hybridized carbons (Fsp3) is 1.00. The first kappa shape index (κ1) is 13.0. The van der Waals surface area contributed by atoms with Crippen LogP contribution in [0.15, 0.2) is 0 Å². The number of hydrogen-bond donors (Lipinski definition) is 1. The molecule has 1 heterocycles. The Hall–Kier alpha value is -0.0800. The van der Waals surface area contributed by atoms with Gasteiger partial charge in [0.25, 0.3) is 0 Å². The second-order valence-corrected chi connectivity index (χ2v) is 5.34. The van der Waals surface area contributed by atoms with Crippen molar-refractivity contribution in [2.24, 2.45) is 11.8 Å². The highest BCUT2D eigenvalue weighted by molar-refractivity contribution is 4.76. The van der Waals surface area contributed by atoms with Crippen molar-refractivity contribution in [1.29, 1.82) is 0 Å². The lowest BCUT2D eigenvalue weighted by atomic mass is 10.1. The van der Waals surface area contributed by atoms with E-state index >= 15 is 0 Å². The molecular weight excluding hydrogens is 184 g/mol. The summed E-state index contributed by atoms with van der Waals surface area (Å²) in [5.74, 6) is 1.74. The SMILES string of the molecule is CCCN1CCC(CNCCC(C)C)C1. The van der Waals surface area contributed by atoms with Gasteiger partial charge in [0.05, 0.1) is 0 Å². The molecule has 0 amide bonds. The van der Waals surface area contributed by atoms with Crippen molar-refractivity contribution in [2.45, 2.75) is 40.0 Å². The third kappa shape index (κ3) is 5.53. The average molecular weight is 212 g/mol. The molecule has 1 saturated heterocycles. The zero-order chi connectivity index (χ0) is 11.1. The molecule has 0 aromatic carbocycles. The molecule has 1 fully saturated rings. The first-order valence-electron chi connectivity index (χ1n) is 6.65. The quantitative estimate of drug-likeness (QED) is 0.652. The largest absolute Gasteiger partial charge is 0.316 e. The molecule has 1 aliphatic heterocycles. The van der Waals surface area contributed by atoms with Gasteiger partial charge in [-0.1, -0.05) is 20.8 Å². The molecule has 1 aliphatic rings. The Balaban J connectivity index is 1.99. The van der Waals surface area contributed by atoms with Crippen molar-refractivity contribution < 1.29 is 0 Å². The Bertz CT molecular complexity index is 157. The molecule has 2 heteroatoms. The zero-order valence-electron chi connectivity index (χ0n) is 10.8. The smallest absolute Gasteiger partial charge is 0.00223 e. The zero-order valence-corrected chi connectivity index (χ0v) is 10.8. The Kier molecular flexibility index (Phi) is 6.26. The van der Waals surface area contributed by atoms with E-state index in [2.05, 4.69) is 31.0 Å². The predicted molar refractivity (Wildman–Crippen MR) is 67.2 cm³/mol. The van der Waals surface area contributed by atoms with Crippen molar-refractivity contribution >= 4 is 0 Å². The van der Waals surface area contributed by atoms with E-state index in [1.165, 1.54) is 52.0 Å². The van der Waals surface area contributed by atoms with Gasteiger partial charge in [0, 0.05) is 6.54 Å². The third-order valence-electron chi connectivity index (χ3n) is 3.24. The monoisotopic (exact) mass is 212 g/mol. The van der Waals surface area contributed by atoms with Crippen LogP contribution in [0.4, 0.5) is 0 Å². The average Bonchev–Trinajstić information content (AvgIpc) is 2.61. The molecule has 0 aliphatic carbocycles. The number of hydrogen-bond acceptors (Lipinski definition) is 2. The predicted octanol–water partition coefficient (Wildman–Crippen LogP) is 2.35. The van der Waals surface area contributed by atoms with Gasteiger partial charge >= 0.3 is 0 Å². The molecule has 1 unspecified atom stereocenters. The molecule has 1 atom stereocenters. The molecule has 1 N–H and O–H groups in total. The fourth-order valence-electron chi connectivity index (χ4n) is 2.30. The van der Waals surface area contributed by atoms with E-state index in [1.54, 1.807) is 0 Å². The van der Waals surface area contributed by atoms with Gasteiger partial charge in [-0.15, -0.1) is 0 Å². The molecule has 0 aromatic rings. The molecule has 0 saturated carbocycles. The van der Waals surface area contributed by atoms with Crippen molar-refractivity contribution in [2.75, 3.05) is 32.7 Å². The summed E-state index contributed by atoms with van der Waals surface area (Å²) < 4.78 is 0. The Morgan fingerprint density at radius 3 is 2.87 bits per heavy atom. The lowest BCUT2D eigenvalue weighted by Gasteiger charge is -2.15. The van der Waals surface area contributed by atoms with E-state index in [9.17, 15) is 0 Å². The molecule has 15 heavy (non-hydrogen) atoms. The minimum atomic E-state index is 0.831. The highest BCUT2D eigenvalue weighted by atomic mass is 15.1. The van der Waals surface area contributed by atoms with Gasteiger partial charge in [-0.3, -0.25) is 0 Å². The van der Waals surface area contributed by atoms with Crippen molar-refractivity contribution in [3.63, 3.8) is 0 Å². The minimum absolute atomic E-state index is 0.831. The number of rotatable bonds is 7. The summed E-state index contributed by atoms with van der Waals surface area (Å²) >= 11 is 0. The third-order valence-corrected chi connectivity index (χ3v) is 3.24. The van der Waals surface area contributed by atoms with Crippen molar-refractivity contribution in [3.05, 3.63) is 0 Å². The van der Waals surface area contributed by atoms with Gasteiger partial charge in [-0.05, 0) is 57.3 Å². The minimum Gasteiger partial charge on any atom is -0.316 e. The lowest BCUT2D eigenvalue weighted by Crippen LogP contribution is -2.27. The van der Waals surface area contributed by atoms with Crippen LogP contribution in [0.25, 0.3) is 0 Å². The summed E-state index contributed by atoms with van der Waals surface area (Å²) in [6, 6.07) is 0. The van der Waals surface area contributed by atoms with Crippen LogP contribution >= 0.6 is 0 Å². The molecular formula is C13H28N2.